The molecule has 158 valence electrons. The second-order valence-electron chi connectivity index (χ2n) is 7.68. The minimum Gasteiger partial charge on any atom is -0.492 e. The number of thiazole rings is 1. The third kappa shape index (κ3) is 6.68. The van der Waals surface area contributed by atoms with Gasteiger partial charge in [0.2, 0.25) is 5.91 Å². The van der Waals surface area contributed by atoms with Gasteiger partial charge in [-0.3, -0.25) is 9.69 Å². The van der Waals surface area contributed by atoms with Crippen LogP contribution >= 0.6 is 11.3 Å². The first-order chi connectivity index (χ1) is 14.4. The van der Waals surface area contributed by atoms with Crippen LogP contribution in [0.1, 0.15) is 27.4 Å². The van der Waals surface area contributed by atoms with Gasteiger partial charge in [-0.2, -0.15) is 0 Å². The van der Waals surface area contributed by atoms with Gasteiger partial charge < -0.3 is 10.1 Å². The lowest BCUT2D eigenvalue weighted by Crippen LogP contribution is -2.24. The number of likely N-dealkylation sites (N-methyl/N-ethyl adjacent to an activating group) is 1. The number of amides is 1. The molecule has 0 aliphatic carbocycles. The van der Waals surface area contributed by atoms with Crippen LogP contribution in [0.15, 0.2) is 47.8 Å². The number of aryl methyl sites for hydroxylation is 3. The fourth-order valence-electron chi connectivity index (χ4n) is 3.09. The normalized spacial score (nSPS) is 11.0. The van der Waals surface area contributed by atoms with E-state index in [4.69, 9.17) is 4.74 Å². The Morgan fingerprint density at radius 1 is 1.13 bits per heavy atom. The molecule has 0 radical (unpaired) electrons. The minimum absolute atomic E-state index is 0.0375. The summed E-state index contributed by atoms with van der Waals surface area (Å²) in [5.41, 5.74) is 5.22. The summed E-state index contributed by atoms with van der Waals surface area (Å²) in [4.78, 5) is 19.2. The second-order valence-corrected chi connectivity index (χ2v) is 8.62. The lowest BCUT2D eigenvalue weighted by atomic mass is 10.1. The first-order valence-electron chi connectivity index (χ1n) is 10.1. The van der Waals surface area contributed by atoms with E-state index in [1.54, 1.807) is 0 Å². The van der Waals surface area contributed by atoms with E-state index < -0.39 is 0 Å². The molecule has 1 aromatic heterocycles. The Morgan fingerprint density at radius 3 is 2.73 bits per heavy atom. The Balaban J connectivity index is 1.44. The number of anilines is 1. The van der Waals surface area contributed by atoms with Gasteiger partial charge in [-0.15, -0.1) is 11.3 Å². The molecule has 0 aliphatic rings. The van der Waals surface area contributed by atoms with Crippen molar-refractivity contribution < 1.29 is 9.53 Å². The zero-order valence-corrected chi connectivity index (χ0v) is 18.9. The molecule has 0 fully saturated rings. The molecule has 30 heavy (non-hydrogen) atoms. The average molecular weight is 424 g/mol. The van der Waals surface area contributed by atoms with Gasteiger partial charge in [0.15, 0.2) is 0 Å². The molecular weight excluding hydrogens is 394 g/mol. The Hall–Kier alpha value is -2.70. The molecule has 0 unspecified atom stereocenters. The van der Waals surface area contributed by atoms with Gasteiger partial charge in [-0.1, -0.05) is 24.3 Å². The van der Waals surface area contributed by atoms with Crippen molar-refractivity contribution in [2.45, 2.75) is 33.7 Å². The van der Waals surface area contributed by atoms with Crippen LogP contribution in [0.2, 0.25) is 0 Å². The van der Waals surface area contributed by atoms with E-state index in [9.17, 15) is 4.79 Å². The zero-order valence-electron chi connectivity index (χ0n) is 18.1. The molecule has 1 amide bonds. The summed E-state index contributed by atoms with van der Waals surface area (Å²) < 4.78 is 5.82. The standard InChI is InChI=1S/C24H29N3O2S/c1-17-6-5-7-21(12-17)29-11-10-27(4)15-20-16-30-24(25-20)14-23(28)26-22-13-18(2)8-9-19(22)3/h5-9,12-13,16H,10-11,14-15H2,1-4H3,(H,26,28). The fraction of sp³-hybridized carbons (Fsp3) is 0.333. The quantitative estimate of drug-likeness (QED) is 0.539. The number of carbonyl (C=O) groups is 1. The fourth-order valence-corrected chi connectivity index (χ4v) is 3.87. The smallest absolute Gasteiger partial charge is 0.231 e. The number of ether oxygens (including phenoxy) is 1. The van der Waals surface area contributed by atoms with Crippen LogP contribution in [0, 0.1) is 20.8 Å². The highest BCUT2D eigenvalue weighted by molar-refractivity contribution is 7.09. The highest BCUT2D eigenvalue weighted by Crippen LogP contribution is 2.18. The summed E-state index contributed by atoms with van der Waals surface area (Å²) in [6.07, 6.45) is 0.290. The first kappa shape index (κ1) is 22.0. The number of carbonyl (C=O) groups excluding carboxylic acids is 1. The zero-order chi connectivity index (χ0) is 21.5. The molecule has 0 spiro atoms. The lowest BCUT2D eigenvalue weighted by Gasteiger charge is -2.15. The van der Waals surface area contributed by atoms with Gasteiger partial charge in [0.1, 0.15) is 17.4 Å². The molecule has 3 aromatic rings. The van der Waals surface area contributed by atoms with Crippen molar-refractivity contribution in [3.63, 3.8) is 0 Å². The molecule has 0 aliphatic heterocycles. The number of nitrogens with zero attached hydrogens (tertiary/aromatic N) is 2. The molecule has 1 heterocycles. The van der Waals surface area contributed by atoms with Gasteiger partial charge >= 0.3 is 0 Å². The molecule has 5 nitrogen and oxygen atoms in total. The van der Waals surface area contributed by atoms with E-state index >= 15 is 0 Å². The SMILES string of the molecule is Cc1cccc(OCCN(C)Cc2csc(CC(=O)Nc3cc(C)ccc3C)n2)c1. The summed E-state index contributed by atoms with van der Waals surface area (Å²) in [6.45, 7) is 8.22. The van der Waals surface area contributed by atoms with Crippen molar-refractivity contribution in [1.82, 2.24) is 9.88 Å². The van der Waals surface area contributed by atoms with Crippen molar-refractivity contribution in [1.29, 1.82) is 0 Å². The van der Waals surface area contributed by atoms with Crippen LogP contribution < -0.4 is 10.1 Å². The number of aromatic nitrogens is 1. The number of nitrogens with one attached hydrogen (secondary N) is 1. The molecule has 0 saturated heterocycles. The van der Waals surface area contributed by atoms with E-state index in [1.807, 2.05) is 62.7 Å². The summed E-state index contributed by atoms with van der Waals surface area (Å²) in [5.74, 6) is 0.860. The largest absolute Gasteiger partial charge is 0.492 e. The number of benzene rings is 2. The van der Waals surface area contributed by atoms with E-state index in [-0.39, 0.29) is 12.3 Å². The third-order valence-electron chi connectivity index (χ3n) is 4.74. The van der Waals surface area contributed by atoms with Crippen molar-refractivity contribution in [3.05, 3.63) is 75.2 Å². The van der Waals surface area contributed by atoms with Gasteiger partial charge in [0, 0.05) is 24.2 Å². The summed E-state index contributed by atoms with van der Waals surface area (Å²) in [6, 6.07) is 14.1. The number of hydrogen-bond donors (Lipinski definition) is 1. The molecule has 1 N–H and O–H groups in total. The van der Waals surface area contributed by atoms with Crippen molar-refractivity contribution >= 4 is 22.9 Å². The van der Waals surface area contributed by atoms with Crippen LogP contribution in [-0.2, 0) is 17.8 Å². The predicted molar refractivity (Wildman–Crippen MR) is 123 cm³/mol. The van der Waals surface area contributed by atoms with Gasteiger partial charge in [0.05, 0.1) is 12.1 Å². The van der Waals surface area contributed by atoms with Crippen LogP contribution in [0.3, 0.4) is 0 Å². The van der Waals surface area contributed by atoms with Gasteiger partial charge in [-0.05, 0) is 62.7 Å². The molecule has 0 bridgehead atoms. The molecule has 3 rings (SSSR count). The maximum atomic E-state index is 12.4. The highest BCUT2D eigenvalue weighted by atomic mass is 32.1. The minimum atomic E-state index is -0.0375. The van der Waals surface area contributed by atoms with E-state index in [0.29, 0.717) is 6.61 Å². The Kier molecular flexibility index (Phi) is 7.60. The maximum Gasteiger partial charge on any atom is 0.231 e. The lowest BCUT2D eigenvalue weighted by molar-refractivity contribution is -0.115. The van der Waals surface area contributed by atoms with Crippen molar-refractivity contribution in [3.8, 4) is 5.75 Å². The Morgan fingerprint density at radius 2 is 1.93 bits per heavy atom. The molecule has 0 saturated carbocycles. The maximum absolute atomic E-state index is 12.4. The van der Waals surface area contributed by atoms with E-state index in [2.05, 4.69) is 28.2 Å². The topological polar surface area (TPSA) is 54.5 Å². The molecule has 6 heteroatoms. The molecular formula is C24H29N3O2S. The summed E-state index contributed by atoms with van der Waals surface area (Å²) >= 11 is 1.53. The summed E-state index contributed by atoms with van der Waals surface area (Å²) in [7, 11) is 2.05. The summed E-state index contributed by atoms with van der Waals surface area (Å²) in [5, 5.41) is 5.85. The third-order valence-corrected chi connectivity index (χ3v) is 5.64. The van der Waals surface area contributed by atoms with Gasteiger partial charge in [0.25, 0.3) is 0 Å². The van der Waals surface area contributed by atoms with Crippen LogP contribution in [0.5, 0.6) is 5.75 Å². The van der Waals surface area contributed by atoms with Crippen molar-refractivity contribution in [2.75, 3.05) is 25.5 Å². The van der Waals surface area contributed by atoms with Gasteiger partial charge in [-0.25, -0.2) is 4.98 Å². The molecule has 2 aromatic carbocycles. The van der Waals surface area contributed by atoms with Crippen molar-refractivity contribution in [2.24, 2.45) is 0 Å². The number of hydrogen-bond acceptors (Lipinski definition) is 5. The first-order valence-corrected chi connectivity index (χ1v) is 11.0. The Bertz CT molecular complexity index is 1000. The Labute approximate surface area is 182 Å². The average Bonchev–Trinajstić information content (AvgIpc) is 3.11. The second kappa shape index (κ2) is 10.4. The highest BCUT2D eigenvalue weighted by Gasteiger charge is 2.11. The van der Waals surface area contributed by atoms with Crippen LogP contribution in [0.25, 0.3) is 0 Å². The molecule has 0 atom stereocenters. The number of rotatable bonds is 9. The van der Waals surface area contributed by atoms with E-state index in [0.717, 1.165) is 46.4 Å². The predicted octanol–water partition coefficient (Wildman–Crippen LogP) is 4.76. The van der Waals surface area contributed by atoms with Crippen LogP contribution in [0.4, 0.5) is 5.69 Å². The van der Waals surface area contributed by atoms with Crippen LogP contribution in [-0.4, -0.2) is 36.0 Å². The monoisotopic (exact) mass is 423 g/mol. The van der Waals surface area contributed by atoms with E-state index in [1.165, 1.54) is 16.9 Å².